The Kier molecular flexibility index (Phi) is 4.10. The maximum absolute atomic E-state index is 10.6. The number of hydrogen-bond donors (Lipinski definition) is 1. The predicted molar refractivity (Wildman–Crippen MR) is 69.8 cm³/mol. The summed E-state index contributed by atoms with van der Waals surface area (Å²) in [6.07, 6.45) is 4.75. The summed E-state index contributed by atoms with van der Waals surface area (Å²) in [6.45, 7) is 3.98. The number of hydrogen-bond acceptors (Lipinski definition) is 6. The minimum atomic E-state index is -0.882. The molecule has 2 aromatic heterocycles. The lowest BCUT2D eigenvalue weighted by atomic mass is 10.3. The molecule has 0 aliphatic heterocycles. The summed E-state index contributed by atoms with van der Waals surface area (Å²) >= 11 is 1.15. The van der Waals surface area contributed by atoms with E-state index in [-0.39, 0.29) is 11.8 Å². The quantitative estimate of drug-likeness (QED) is 0.828. The molecule has 0 bridgehead atoms. The van der Waals surface area contributed by atoms with Gasteiger partial charge in [-0.15, -0.1) is 10.2 Å². The highest BCUT2D eigenvalue weighted by Gasteiger charge is 2.17. The first-order valence-corrected chi connectivity index (χ1v) is 6.63. The molecule has 19 heavy (non-hydrogen) atoms. The lowest BCUT2D eigenvalue weighted by molar-refractivity contribution is -0.133. The fraction of sp³-hybridized carbons (Fsp3) is 0.364. The lowest BCUT2D eigenvalue weighted by Gasteiger charge is -2.12. The molecule has 2 heterocycles. The van der Waals surface area contributed by atoms with Gasteiger partial charge in [-0.2, -0.15) is 0 Å². The second-order valence-electron chi connectivity index (χ2n) is 4.08. The van der Waals surface area contributed by atoms with E-state index in [4.69, 9.17) is 5.11 Å². The van der Waals surface area contributed by atoms with Crippen LogP contribution in [0.15, 0.2) is 23.9 Å². The van der Waals surface area contributed by atoms with Gasteiger partial charge in [0.25, 0.3) is 0 Å². The minimum absolute atomic E-state index is 0.0455. The first-order valence-electron chi connectivity index (χ1n) is 5.64. The largest absolute Gasteiger partial charge is 0.481 e. The van der Waals surface area contributed by atoms with Crippen LogP contribution in [-0.2, 0) is 4.79 Å². The minimum Gasteiger partial charge on any atom is -0.481 e. The maximum Gasteiger partial charge on any atom is 0.313 e. The summed E-state index contributed by atoms with van der Waals surface area (Å²) in [7, 11) is 0. The first-order chi connectivity index (χ1) is 9.09. The molecular weight excluding hydrogens is 266 g/mol. The highest BCUT2D eigenvalue weighted by atomic mass is 32.2. The molecule has 0 aliphatic rings. The maximum atomic E-state index is 10.6. The zero-order chi connectivity index (χ0) is 13.8. The van der Waals surface area contributed by atoms with Crippen molar-refractivity contribution in [1.82, 2.24) is 24.7 Å². The number of carbonyl (C=O) groups is 1. The molecule has 2 aromatic rings. The summed E-state index contributed by atoms with van der Waals surface area (Å²) in [4.78, 5) is 18.5. The van der Waals surface area contributed by atoms with Gasteiger partial charge in [0, 0.05) is 18.4 Å². The molecule has 1 N–H and O–H groups in total. The van der Waals surface area contributed by atoms with E-state index in [2.05, 4.69) is 20.2 Å². The van der Waals surface area contributed by atoms with Crippen LogP contribution in [0.5, 0.6) is 0 Å². The standard InChI is InChI=1S/C11H13N5O2S/c1-7(2)16-10(8-3-12-6-13-4-8)14-15-11(16)19-5-9(17)18/h3-4,6-7H,5H2,1-2H3,(H,17,18). The Balaban J connectivity index is 2.37. The van der Waals surface area contributed by atoms with E-state index >= 15 is 0 Å². The molecule has 0 amide bonds. The third kappa shape index (κ3) is 3.08. The van der Waals surface area contributed by atoms with E-state index in [9.17, 15) is 4.79 Å². The SMILES string of the molecule is CC(C)n1c(SCC(=O)O)nnc1-c1cncnc1. The fourth-order valence-electron chi connectivity index (χ4n) is 1.58. The molecule has 0 spiro atoms. The van der Waals surface area contributed by atoms with Crippen molar-refractivity contribution in [2.24, 2.45) is 0 Å². The molecule has 0 aromatic carbocycles. The Morgan fingerprint density at radius 1 is 1.37 bits per heavy atom. The van der Waals surface area contributed by atoms with Gasteiger partial charge in [0.05, 0.1) is 11.3 Å². The molecule has 0 radical (unpaired) electrons. The van der Waals surface area contributed by atoms with Gasteiger partial charge < -0.3 is 5.11 Å². The Hall–Kier alpha value is -1.96. The van der Waals surface area contributed by atoms with Crippen LogP contribution in [0.1, 0.15) is 19.9 Å². The van der Waals surface area contributed by atoms with Crippen molar-refractivity contribution in [2.75, 3.05) is 5.75 Å². The van der Waals surface area contributed by atoms with Crippen LogP contribution >= 0.6 is 11.8 Å². The van der Waals surface area contributed by atoms with Crippen LogP contribution in [0, 0.1) is 0 Å². The van der Waals surface area contributed by atoms with E-state index in [1.165, 1.54) is 6.33 Å². The van der Waals surface area contributed by atoms with Crippen LogP contribution in [0.3, 0.4) is 0 Å². The van der Waals surface area contributed by atoms with Crippen molar-refractivity contribution in [2.45, 2.75) is 25.0 Å². The van der Waals surface area contributed by atoms with Crippen LogP contribution in [-0.4, -0.2) is 41.6 Å². The van der Waals surface area contributed by atoms with Crippen molar-refractivity contribution in [3.63, 3.8) is 0 Å². The number of carboxylic acid groups (broad SMARTS) is 1. The smallest absolute Gasteiger partial charge is 0.313 e. The third-order valence-electron chi connectivity index (χ3n) is 2.32. The molecule has 100 valence electrons. The highest BCUT2D eigenvalue weighted by molar-refractivity contribution is 7.99. The average molecular weight is 279 g/mol. The summed E-state index contributed by atoms with van der Waals surface area (Å²) in [5, 5.41) is 17.5. The number of aliphatic carboxylic acids is 1. The first kappa shape index (κ1) is 13.5. The van der Waals surface area contributed by atoms with Crippen molar-refractivity contribution >= 4 is 17.7 Å². The van der Waals surface area contributed by atoms with E-state index in [0.29, 0.717) is 11.0 Å². The van der Waals surface area contributed by atoms with Crippen LogP contribution < -0.4 is 0 Å². The fourth-order valence-corrected chi connectivity index (χ4v) is 2.37. The molecule has 7 nitrogen and oxygen atoms in total. The number of aromatic nitrogens is 5. The number of rotatable bonds is 5. The molecule has 0 saturated carbocycles. The highest BCUT2D eigenvalue weighted by Crippen LogP contribution is 2.26. The van der Waals surface area contributed by atoms with Gasteiger partial charge >= 0.3 is 5.97 Å². The van der Waals surface area contributed by atoms with E-state index < -0.39 is 5.97 Å². The summed E-state index contributed by atoms with van der Waals surface area (Å²) in [6, 6.07) is 0.113. The van der Waals surface area contributed by atoms with Gasteiger partial charge in [-0.3, -0.25) is 9.36 Å². The molecule has 0 atom stereocenters. The molecule has 0 unspecified atom stereocenters. The van der Waals surface area contributed by atoms with Gasteiger partial charge in [0.2, 0.25) is 0 Å². The van der Waals surface area contributed by atoms with Crippen molar-refractivity contribution in [3.05, 3.63) is 18.7 Å². The van der Waals surface area contributed by atoms with Gasteiger partial charge in [0.1, 0.15) is 6.33 Å². The number of thioether (sulfide) groups is 1. The normalized spacial score (nSPS) is 10.9. The zero-order valence-corrected chi connectivity index (χ0v) is 11.3. The molecule has 0 fully saturated rings. The lowest BCUT2D eigenvalue weighted by Crippen LogP contribution is -2.07. The predicted octanol–water partition coefficient (Wildman–Crippen LogP) is 1.49. The number of carboxylic acids is 1. The van der Waals surface area contributed by atoms with Gasteiger partial charge in [0.15, 0.2) is 11.0 Å². The average Bonchev–Trinajstić information content (AvgIpc) is 2.81. The van der Waals surface area contributed by atoms with Crippen LogP contribution in [0.25, 0.3) is 11.4 Å². The Morgan fingerprint density at radius 3 is 2.63 bits per heavy atom. The van der Waals surface area contributed by atoms with Gasteiger partial charge in [-0.25, -0.2) is 9.97 Å². The van der Waals surface area contributed by atoms with Gasteiger partial charge in [-0.1, -0.05) is 11.8 Å². The van der Waals surface area contributed by atoms with Crippen LogP contribution in [0.4, 0.5) is 0 Å². The van der Waals surface area contributed by atoms with E-state index in [1.54, 1.807) is 12.4 Å². The Morgan fingerprint density at radius 2 is 2.05 bits per heavy atom. The van der Waals surface area contributed by atoms with Crippen molar-refractivity contribution in [1.29, 1.82) is 0 Å². The molecule has 0 saturated heterocycles. The Bertz CT molecular complexity index is 570. The van der Waals surface area contributed by atoms with Gasteiger partial charge in [-0.05, 0) is 13.8 Å². The number of nitrogens with zero attached hydrogens (tertiary/aromatic N) is 5. The topological polar surface area (TPSA) is 93.8 Å². The second kappa shape index (κ2) is 5.79. The molecule has 8 heteroatoms. The summed E-state index contributed by atoms with van der Waals surface area (Å²) in [5.41, 5.74) is 0.755. The summed E-state index contributed by atoms with van der Waals surface area (Å²) in [5.74, 6) is -0.285. The van der Waals surface area contributed by atoms with Crippen LogP contribution in [0.2, 0.25) is 0 Å². The summed E-state index contributed by atoms with van der Waals surface area (Å²) < 4.78 is 1.88. The van der Waals surface area contributed by atoms with Crippen molar-refractivity contribution < 1.29 is 9.90 Å². The monoisotopic (exact) mass is 279 g/mol. The zero-order valence-electron chi connectivity index (χ0n) is 10.5. The molecular formula is C11H13N5O2S. The van der Waals surface area contributed by atoms with E-state index in [1.807, 2.05) is 18.4 Å². The third-order valence-corrected chi connectivity index (χ3v) is 3.25. The molecule has 2 rings (SSSR count). The van der Waals surface area contributed by atoms with Crippen molar-refractivity contribution in [3.8, 4) is 11.4 Å². The molecule has 0 aliphatic carbocycles. The van der Waals surface area contributed by atoms with E-state index in [0.717, 1.165) is 17.3 Å². The Labute approximate surface area is 114 Å². The second-order valence-corrected chi connectivity index (χ2v) is 5.02.